The predicted molar refractivity (Wildman–Crippen MR) is 184 cm³/mol. The summed E-state index contributed by atoms with van der Waals surface area (Å²) in [4.78, 5) is 12.3. The molecule has 0 fully saturated rings. The number of aliphatic hydroxyl groups is 2. The van der Waals surface area contributed by atoms with E-state index >= 15 is 0 Å². The van der Waals surface area contributed by atoms with E-state index in [2.05, 4.69) is 79.9 Å². The fourth-order valence-corrected chi connectivity index (χ4v) is 4.85. The molecule has 0 bridgehead atoms. The predicted octanol–water partition coefficient (Wildman–Crippen LogP) is 10.2. The number of hydrogen-bond donors (Lipinski definition) is 3. The molecule has 0 aliphatic rings. The number of carbonyl (C=O) groups excluding carboxylic acids is 1. The lowest BCUT2D eigenvalue weighted by atomic mass is 10.0. The number of amides is 1. The minimum Gasteiger partial charge on any atom is -0.394 e. The molecular weight excluding hydrogens is 518 g/mol. The Morgan fingerprint density at radius 1 is 0.595 bits per heavy atom. The highest BCUT2D eigenvalue weighted by Crippen LogP contribution is 2.13. The maximum absolute atomic E-state index is 12.3. The van der Waals surface area contributed by atoms with E-state index in [1.807, 2.05) is 0 Å². The summed E-state index contributed by atoms with van der Waals surface area (Å²) in [5.74, 6) is -0.0512. The molecule has 3 N–H and O–H groups in total. The zero-order chi connectivity index (χ0) is 30.8. The lowest BCUT2D eigenvalue weighted by molar-refractivity contribution is -0.123. The van der Waals surface area contributed by atoms with Gasteiger partial charge in [0.2, 0.25) is 5.91 Å². The molecule has 0 aromatic heterocycles. The number of allylic oxidation sites excluding steroid dienone is 10. The Morgan fingerprint density at radius 3 is 1.57 bits per heavy atom. The van der Waals surface area contributed by atoms with E-state index in [4.69, 9.17) is 0 Å². The molecule has 2 atom stereocenters. The van der Waals surface area contributed by atoms with Crippen molar-refractivity contribution in [2.45, 2.75) is 167 Å². The normalized spacial score (nSPS) is 13.9. The fourth-order valence-electron chi connectivity index (χ4n) is 4.85. The smallest absolute Gasteiger partial charge is 0.220 e. The van der Waals surface area contributed by atoms with E-state index in [0.29, 0.717) is 12.8 Å². The van der Waals surface area contributed by atoms with E-state index in [-0.39, 0.29) is 12.5 Å². The van der Waals surface area contributed by atoms with Crippen molar-refractivity contribution in [2.75, 3.05) is 6.61 Å². The van der Waals surface area contributed by atoms with Crippen LogP contribution in [0.2, 0.25) is 0 Å². The number of hydrogen-bond acceptors (Lipinski definition) is 3. The highest BCUT2D eigenvalue weighted by molar-refractivity contribution is 5.76. The van der Waals surface area contributed by atoms with Crippen LogP contribution in [0, 0.1) is 0 Å². The Balaban J connectivity index is 3.60. The number of aliphatic hydroxyl groups excluding tert-OH is 2. The van der Waals surface area contributed by atoms with Gasteiger partial charge in [0.15, 0.2) is 0 Å². The minimum atomic E-state index is -0.663. The van der Waals surface area contributed by atoms with Gasteiger partial charge in [0, 0.05) is 6.42 Å². The molecule has 242 valence electrons. The van der Waals surface area contributed by atoms with Gasteiger partial charge >= 0.3 is 0 Å². The molecule has 0 radical (unpaired) electrons. The van der Waals surface area contributed by atoms with Crippen molar-refractivity contribution in [3.63, 3.8) is 0 Å². The lowest BCUT2D eigenvalue weighted by Crippen LogP contribution is -2.45. The summed E-state index contributed by atoms with van der Waals surface area (Å²) in [6.45, 7) is 4.17. The highest BCUT2D eigenvalue weighted by Gasteiger charge is 2.19. The molecule has 0 spiro atoms. The Morgan fingerprint density at radius 2 is 1.05 bits per heavy atom. The largest absolute Gasteiger partial charge is 0.394 e. The third kappa shape index (κ3) is 29.6. The van der Waals surface area contributed by atoms with Gasteiger partial charge in [0.25, 0.3) is 0 Å². The summed E-state index contributed by atoms with van der Waals surface area (Å²) in [6.07, 6.45) is 45.7. The van der Waals surface area contributed by atoms with Crippen LogP contribution in [0.3, 0.4) is 0 Å². The van der Waals surface area contributed by atoms with Crippen LogP contribution in [0.15, 0.2) is 60.8 Å². The minimum absolute atomic E-state index is 0.0512. The quantitative estimate of drug-likeness (QED) is 0.0580. The van der Waals surface area contributed by atoms with Gasteiger partial charge < -0.3 is 15.5 Å². The first kappa shape index (κ1) is 40.1. The molecule has 1 amide bonds. The molecule has 0 saturated heterocycles. The summed E-state index contributed by atoms with van der Waals surface area (Å²) >= 11 is 0. The summed E-state index contributed by atoms with van der Waals surface area (Å²) in [5.41, 5.74) is 0. The summed E-state index contributed by atoms with van der Waals surface area (Å²) in [5, 5.41) is 22.8. The average molecular weight is 586 g/mol. The summed E-state index contributed by atoms with van der Waals surface area (Å²) < 4.78 is 0. The number of carbonyl (C=O) groups is 1. The molecular formula is C38H67NO3. The molecule has 42 heavy (non-hydrogen) atoms. The van der Waals surface area contributed by atoms with E-state index < -0.39 is 12.1 Å². The fraction of sp³-hybridized carbons (Fsp3) is 0.711. The zero-order valence-electron chi connectivity index (χ0n) is 27.5. The van der Waals surface area contributed by atoms with Crippen LogP contribution in [0.4, 0.5) is 0 Å². The average Bonchev–Trinajstić information content (AvgIpc) is 2.99. The van der Waals surface area contributed by atoms with Crippen LogP contribution >= 0.6 is 0 Å². The van der Waals surface area contributed by atoms with Crippen molar-refractivity contribution in [1.29, 1.82) is 0 Å². The Bertz CT molecular complexity index is 722. The van der Waals surface area contributed by atoms with Crippen molar-refractivity contribution < 1.29 is 15.0 Å². The van der Waals surface area contributed by atoms with Crippen molar-refractivity contribution >= 4 is 5.91 Å². The van der Waals surface area contributed by atoms with Crippen LogP contribution in [0.1, 0.15) is 155 Å². The molecule has 0 aliphatic carbocycles. The molecule has 4 nitrogen and oxygen atoms in total. The van der Waals surface area contributed by atoms with Crippen LogP contribution in [-0.2, 0) is 4.79 Å². The molecule has 2 unspecified atom stereocenters. The molecule has 4 heteroatoms. The standard InChI is InChI=1S/C38H67NO3/c1-3-5-7-9-11-12-13-14-15-16-17-18-19-20-21-22-23-24-25-26-28-30-32-34-38(42)39-36(35-40)37(41)33-31-29-27-10-8-6-4-2/h5,7,11-12,14-15,17-18,20-21,36-37,40-41H,3-4,6,8-10,13,16,19,22-35H2,1-2H3,(H,39,42)/b7-5-,12-11-,15-14-,18-17-,21-20-. The third-order valence-corrected chi connectivity index (χ3v) is 7.54. The van der Waals surface area contributed by atoms with Crippen molar-refractivity contribution in [1.82, 2.24) is 5.32 Å². The summed E-state index contributed by atoms with van der Waals surface area (Å²) in [6, 6.07) is -0.541. The third-order valence-electron chi connectivity index (χ3n) is 7.54. The Kier molecular flexibility index (Phi) is 32.1. The maximum atomic E-state index is 12.3. The molecule has 0 aliphatic heterocycles. The Labute approximate surface area is 260 Å². The summed E-state index contributed by atoms with van der Waals surface area (Å²) in [7, 11) is 0. The molecule has 0 aromatic carbocycles. The number of rotatable bonds is 30. The van der Waals surface area contributed by atoms with Crippen molar-refractivity contribution in [2.24, 2.45) is 0 Å². The molecule has 0 aromatic rings. The van der Waals surface area contributed by atoms with E-state index in [9.17, 15) is 15.0 Å². The maximum Gasteiger partial charge on any atom is 0.220 e. The van der Waals surface area contributed by atoms with Crippen molar-refractivity contribution in [3.05, 3.63) is 60.8 Å². The Hall–Kier alpha value is -1.91. The first-order chi connectivity index (χ1) is 20.7. The lowest BCUT2D eigenvalue weighted by Gasteiger charge is -2.22. The van der Waals surface area contributed by atoms with E-state index in [0.717, 1.165) is 64.2 Å². The molecule has 0 saturated carbocycles. The van der Waals surface area contributed by atoms with Crippen LogP contribution in [-0.4, -0.2) is 34.9 Å². The zero-order valence-corrected chi connectivity index (χ0v) is 27.5. The van der Waals surface area contributed by atoms with Gasteiger partial charge in [-0.2, -0.15) is 0 Å². The van der Waals surface area contributed by atoms with Gasteiger partial charge in [-0.3, -0.25) is 4.79 Å². The van der Waals surface area contributed by atoms with E-state index in [1.54, 1.807) is 0 Å². The van der Waals surface area contributed by atoms with Crippen LogP contribution in [0.5, 0.6) is 0 Å². The molecule has 0 rings (SSSR count). The second kappa shape index (κ2) is 33.6. The van der Waals surface area contributed by atoms with Gasteiger partial charge in [-0.1, -0.05) is 152 Å². The van der Waals surface area contributed by atoms with Gasteiger partial charge in [-0.15, -0.1) is 0 Å². The second-order valence-corrected chi connectivity index (χ2v) is 11.6. The van der Waals surface area contributed by atoms with Gasteiger partial charge in [0.1, 0.15) is 0 Å². The highest BCUT2D eigenvalue weighted by atomic mass is 16.3. The topological polar surface area (TPSA) is 69.6 Å². The first-order valence-electron chi connectivity index (χ1n) is 17.5. The first-order valence-corrected chi connectivity index (χ1v) is 17.5. The van der Waals surface area contributed by atoms with Gasteiger partial charge in [0.05, 0.1) is 18.8 Å². The molecule has 0 heterocycles. The van der Waals surface area contributed by atoms with E-state index in [1.165, 1.54) is 64.2 Å². The second-order valence-electron chi connectivity index (χ2n) is 11.6. The van der Waals surface area contributed by atoms with Gasteiger partial charge in [-0.05, 0) is 57.8 Å². The number of nitrogens with one attached hydrogen (secondary N) is 1. The SMILES string of the molecule is CC/C=C\C/C=C\C/C=C\C/C=C\C/C=C\CCCCCCCCCC(=O)NC(CO)C(O)CCCCCCCCC. The van der Waals surface area contributed by atoms with Crippen LogP contribution < -0.4 is 5.32 Å². The van der Waals surface area contributed by atoms with Crippen molar-refractivity contribution in [3.8, 4) is 0 Å². The van der Waals surface area contributed by atoms with Gasteiger partial charge in [-0.25, -0.2) is 0 Å². The van der Waals surface area contributed by atoms with Crippen LogP contribution in [0.25, 0.3) is 0 Å². The monoisotopic (exact) mass is 586 g/mol. The number of unbranched alkanes of at least 4 members (excludes halogenated alkanes) is 13.